The van der Waals surface area contributed by atoms with Crippen LogP contribution < -0.4 is 5.32 Å². The summed E-state index contributed by atoms with van der Waals surface area (Å²) in [5.74, 6) is 0.0278. The van der Waals surface area contributed by atoms with Crippen molar-refractivity contribution in [2.75, 3.05) is 0 Å². The van der Waals surface area contributed by atoms with Gasteiger partial charge in [0.2, 0.25) is 0 Å². The van der Waals surface area contributed by atoms with Gasteiger partial charge >= 0.3 is 0 Å². The van der Waals surface area contributed by atoms with Gasteiger partial charge in [0.15, 0.2) is 5.69 Å². The Bertz CT molecular complexity index is 874. The van der Waals surface area contributed by atoms with E-state index in [1.165, 1.54) is 12.1 Å². The average Bonchev–Trinajstić information content (AvgIpc) is 3.29. The molecule has 8 heteroatoms. The molecule has 0 bridgehead atoms. The molecule has 0 saturated carbocycles. The maximum Gasteiger partial charge on any atom is 0.274 e. The molecule has 25 heavy (non-hydrogen) atoms. The van der Waals surface area contributed by atoms with Gasteiger partial charge in [0.25, 0.3) is 5.91 Å². The molecule has 1 atom stereocenters. The van der Waals surface area contributed by atoms with E-state index < -0.39 is 0 Å². The molecular formula is C17H15FN4O3. The molecule has 1 N–H and O–H groups in total. The standard InChI is InChI=1S/C17H15FN4O3/c18-12-5-3-11(4-6-12)15-9-22-14(10-25-15)16(20-21-22)17(23)19-8-13-2-1-7-24-13/h1-7,15H,8-10H2,(H,19,23)/t15-/m1/s1. The van der Waals surface area contributed by atoms with Crippen molar-refractivity contribution < 1.29 is 18.3 Å². The lowest BCUT2D eigenvalue weighted by atomic mass is 10.1. The van der Waals surface area contributed by atoms with Gasteiger partial charge in [-0.05, 0) is 29.8 Å². The second-order valence-electron chi connectivity index (χ2n) is 5.68. The monoisotopic (exact) mass is 342 g/mol. The molecule has 0 radical (unpaired) electrons. The number of rotatable bonds is 4. The minimum atomic E-state index is -0.332. The Morgan fingerprint density at radius 2 is 2.16 bits per heavy atom. The number of nitrogens with zero attached hydrogens (tertiary/aromatic N) is 3. The Hall–Kier alpha value is -3.00. The summed E-state index contributed by atoms with van der Waals surface area (Å²) in [6, 6.07) is 9.67. The van der Waals surface area contributed by atoms with Crippen molar-refractivity contribution >= 4 is 5.91 Å². The summed E-state index contributed by atoms with van der Waals surface area (Å²) in [6.07, 6.45) is 1.29. The molecule has 3 aromatic rings. The highest BCUT2D eigenvalue weighted by Gasteiger charge is 2.27. The van der Waals surface area contributed by atoms with Crippen LogP contribution in [0.3, 0.4) is 0 Å². The van der Waals surface area contributed by atoms with Crippen LogP contribution in [0.5, 0.6) is 0 Å². The lowest BCUT2D eigenvalue weighted by molar-refractivity contribution is -0.00180. The van der Waals surface area contributed by atoms with Crippen LogP contribution in [-0.2, 0) is 24.4 Å². The second kappa shape index (κ2) is 6.48. The lowest BCUT2D eigenvalue weighted by Crippen LogP contribution is -2.27. The van der Waals surface area contributed by atoms with Gasteiger partial charge in [-0.2, -0.15) is 0 Å². The fourth-order valence-corrected chi connectivity index (χ4v) is 2.73. The molecular weight excluding hydrogens is 327 g/mol. The predicted molar refractivity (Wildman–Crippen MR) is 83.8 cm³/mol. The molecule has 1 aliphatic rings. The molecule has 1 aromatic carbocycles. The quantitative estimate of drug-likeness (QED) is 0.786. The van der Waals surface area contributed by atoms with Gasteiger partial charge in [0.05, 0.1) is 31.7 Å². The fourth-order valence-electron chi connectivity index (χ4n) is 2.73. The molecule has 128 valence electrons. The normalized spacial score (nSPS) is 16.4. The first-order valence-corrected chi connectivity index (χ1v) is 7.81. The van der Waals surface area contributed by atoms with Crippen LogP contribution in [0.2, 0.25) is 0 Å². The maximum atomic E-state index is 13.0. The summed E-state index contributed by atoms with van der Waals surface area (Å²) in [6.45, 7) is 0.898. The van der Waals surface area contributed by atoms with E-state index in [1.54, 1.807) is 35.2 Å². The Kier molecular flexibility index (Phi) is 4.02. The van der Waals surface area contributed by atoms with Gasteiger partial charge in [-0.3, -0.25) is 4.79 Å². The summed E-state index contributed by atoms with van der Waals surface area (Å²) in [7, 11) is 0. The number of nitrogens with one attached hydrogen (secondary N) is 1. The Balaban J connectivity index is 1.46. The number of carbonyl (C=O) groups is 1. The van der Waals surface area contributed by atoms with E-state index in [0.29, 0.717) is 18.0 Å². The van der Waals surface area contributed by atoms with Crippen LogP contribution in [0.4, 0.5) is 4.39 Å². The van der Waals surface area contributed by atoms with Crippen molar-refractivity contribution in [3.05, 3.63) is 71.2 Å². The number of carbonyl (C=O) groups excluding carboxylic acids is 1. The summed E-state index contributed by atoms with van der Waals surface area (Å²) < 4.78 is 25.7. The number of ether oxygens (including phenoxy) is 1. The average molecular weight is 342 g/mol. The number of hydrogen-bond acceptors (Lipinski definition) is 5. The number of fused-ring (bicyclic) bond motifs is 1. The van der Waals surface area contributed by atoms with Crippen LogP contribution in [0.15, 0.2) is 47.1 Å². The number of aromatic nitrogens is 3. The molecule has 0 aliphatic carbocycles. The number of benzene rings is 1. The molecule has 4 rings (SSSR count). The topological polar surface area (TPSA) is 82.2 Å². The van der Waals surface area contributed by atoms with E-state index in [4.69, 9.17) is 9.15 Å². The fraction of sp³-hybridized carbons (Fsp3) is 0.235. The predicted octanol–water partition coefficient (Wildman–Crippen LogP) is 2.21. The lowest BCUT2D eigenvalue weighted by Gasteiger charge is -2.24. The Morgan fingerprint density at radius 3 is 2.92 bits per heavy atom. The number of amides is 1. The van der Waals surface area contributed by atoms with E-state index >= 15 is 0 Å². The van der Waals surface area contributed by atoms with Crippen molar-refractivity contribution in [2.45, 2.75) is 25.8 Å². The highest BCUT2D eigenvalue weighted by atomic mass is 19.1. The zero-order valence-corrected chi connectivity index (χ0v) is 13.2. The highest BCUT2D eigenvalue weighted by molar-refractivity contribution is 5.93. The third-order valence-corrected chi connectivity index (χ3v) is 4.06. The van der Waals surface area contributed by atoms with Crippen LogP contribution >= 0.6 is 0 Å². The molecule has 0 spiro atoms. The highest BCUT2D eigenvalue weighted by Crippen LogP contribution is 2.27. The first-order valence-electron chi connectivity index (χ1n) is 7.81. The molecule has 7 nitrogen and oxygen atoms in total. The summed E-state index contributed by atoms with van der Waals surface area (Å²) in [5.41, 5.74) is 1.71. The van der Waals surface area contributed by atoms with E-state index in [9.17, 15) is 9.18 Å². The van der Waals surface area contributed by atoms with Crippen molar-refractivity contribution in [3.8, 4) is 0 Å². The Morgan fingerprint density at radius 1 is 1.32 bits per heavy atom. The SMILES string of the molecule is O=C(NCc1ccco1)c1nnn2c1CO[C@@H](c1ccc(F)cc1)C2. The maximum absolute atomic E-state index is 13.0. The van der Waals surface area contributed by atoms with Gasteiger partial charge < -0.3 is 14.5 Å². The van der Waals surface area contributed by atoms with E-state index in [0.717, 1.165) is 5.56 Å². The van der Waals surface area contributed by atoms with Crippen molar-refractivity contribution in [2.24, 2.45) is 0 Å². The summed E-state index contributed by atoms with van der Waals surface area (Å²) >= 11 is 0. The molecule has 0 unspecified atom stereocenters. The smallest absolute Gasteiger partial charge is 0.274 e. The molecule has 1 amide bonds. The molecule has 0 fully saturated rings. The van der Waals surface area contributed by atoms with Crippen LogP contribution in [-0.4, -0.2) is 20.9 Å². The van der Waals surface area contributed by atoms with Gasteiger partial charge in [-0.15, -0.1) is 5.10 Å². The molecule has 2 aromatic heterocycles. The van der Waals surface area contributed by atoms with Gasteiger partial charge in [-0.1, -0.05) is 17.3 Å². The van der Waals surface area contributed by atoms with Crippen LogP contribution in [0.1, 0.15) is 33.6 Å². The van der Waals surface area contributed by atoms with Gasteiger partial charge in [0, 0.05) is 0 Å². The zero-order chi connectivity index (χ0) is 17.2. The van der Waals surface area contributed by atoms with Gasteiger partial charge in [-0.25, -0.2) is 9.07 Å². The van der Waals surface area contributed by atoms with Gasteiger partial charge in [0.1, 0.15) is 17.7 Å². The first-order chi connectivity index (χ1) is 12.2. The van der Waals surface area contributed by atoms with Crippen LogP contribution in [0.25, 0.3) is 0 Å². The largest absolute Gasteiger partial charge is 0.467 e. The number of hydrogen-bond donors (Lipinski definition) is 1. The molecule has 3 heterocycles. The number of furan rings is 1. The van der Waals surface area contributed by atoms with Crippen molar-refractivity contribution in [3.63, 3.8) is 0 Å². The van der Waals surface area contributed by atoms with Crippen LogP contribution in [0, 0.1) is 5.82 Å². The first kappa shape index (κ1) is 15.5. The third kappa shape index (κ3) is 3.16. The zero-order valence-electron chi connectivity index (χ0n) is 13.2. The second-order valence-corrected chi connectivity index (χ2v) is 5.68. The van der Waals surface area contributed by atoms with E-state index in [-0.39, 0.29) is 36.7 Å². The minimum Gasteiger partial charge on any atom is -0.467 e. The minimum absolute atomic E-state index is 0.207. The summed E-state index contributed by atoms with van der Waals surface area (Å²) in [5, 5.41) is 10.8. The van der Waals surface area contributed by atoms with E-state index in [2.05, 4.69) is 15.6 Å². The molecule has 0 saturated heterocycles. The Labute approximate surface area is 142 Å². The number of halogens is 1. The third-order valence-electron chi connectivity index (χ3n) is 4.06. The van der Waals surface area contributed by atoms with Crippen molar-refractivity contribution in [1.82, 2.24) is 20.3 Å². The van der Waals surface area contributed by atoms with E-state index in [1.807, 2.05) is 0 Å². The molecule has 1 aliphatic heterocycles. The van der Waals surface area contributed by atoms with Crippen molar-refractivity contribution in [1.29, 1.82) is 0 Å². The summed E-state index contributed by atoms with van der Waals surface area (Å²) in [4.78, 5) is 12.3.